The minimum absolute atomic E-state index is 0.147. The lowest BCUT2D eigenvalue weighted by molar-refractivity contribution is -0.141. The zero-order valence-electron chi connectivity index (χ0n) is 18.6. The Labute approximate surface area is 176 Å². The summed E-state index contributed by atoms with van der Waals surface area (Å²) in [7, 11) is 3.72. The van der Waals surface area contributed by atoms with Crippen molar-refractivity contribution in [2.45, 2.75) is 39.7 Å². The van der Waals surface area contributed by atoms with Crippen LogP contribution < -0.4 is 4.74 Å². The van der Waals surface area contributed by atoms with Gasteiger partial charge in [0, 0.05) is 45.2 Å². The van der Waals surface area contributed by atoms with E-state index in [1.165, 1.54) is 5.56 Å². The highest BCUT2D eigenvalue weighted by atomic mass is 16.5. The second kappa shape index (κ2) is 7.92. The third kappa shape index (κ3) is 3.68. The molecule has 0 aromatic heterocycles. The third-order valence-electron chi connectivity index (χ3n) is 7.64. The summed E-state index contributed by atoms with van der Waals surface area (Å²) in [4.78, 5) is 20.5. The molecule has 160 valence electrons. The van der Waals surface area contributed by atoms with Gasteiger partial charge in [0.25, 0.3) is 0 Å². The Bertz CT molecular complexity index is 741. The maximum atomic E-state index is 13.3. The minimum Gasteiger partial charge on any atom is -0.497 e. The molecule has 1 aromatic carbocycles. The third-order valence-corrected chi connectivity index (χ3v) is 7.64. The minimum atomic E-state index is -0.154. The van der Waals surface area contributed by atoms with Crippen LogP contribution in [0.2, 0.25) is 0 Å². The molecule has 0 saturated carbocycles. The average molecular weight is 400 g/mol. The van der Waals surface area contributed by atoms with E-state index in [-0.39, 0.29) is 10.8 Å². The molecule has 0 N–H and O–H groups in total. The summed E-state index contributed by atoms with van der Waals surface area (Å²) in [5.74, 6) is 1.98. The number of hydrogen-bond donors (Lipinski definition) is 0. The molecule has 5 heteroatoms. The lowest BCUT2D eigenvalue weighted by Crippen LogP contribution is -2.52. The van der Waals surface area contributed by atoms with Crippen molar-refractivity contribution in [2.24, 2.45) is 16.7 Å². The van der Waals surface area contributed by atoms with E-state index in [0.29, 0.717) is 11.8 Å². The molecule has 1 unspecified atom stereocenters. The first-order chi connectivity index (χ1) is 13.9. The Balaban J connectivity index is 1.49. The standard InChI is InChI=1S/C24H37N3O2/c1-19(2)15-27-17-23(24(18-27)10-11-25(3)22(24)28)8-12-26(13-9-23)16-20-6-5-7-21(14-20)29-4/h5-7,14,19H,8-13,15-18H2,1-4H3. The molecular formula is C24H37N3O2. The number of amides is 1. The van der Waals surface area contributed by atoms with Gasteiger partial charge in [-0.05, 0) is 56.0 Å². The molecule has 1 amide bonds. The van der Waals surface area contributed by atoms with Crippen LogP contribution in [0.5, 0.6) is 5.75 Å². The average Bonchev–Trinajstić information content (AvgIpc) is 3.15. The molecule has 3 aliphatic rings. The van der Waals surface area contributed by atoms with Crippen LogP contribution in [0.15, 0.2) is 24.3 Å². The number of carbonyl (C=O) groups excluding carboxylic acids is 1. The van der Waals surface area contributed by atoms with Crippen LogP contribution in [-0.4, -0.2) is 74.0 Å². The van der Waals surface area contributed by atoms with Gasteiger partial charge in [0.05, 0.1) is 12.5 Å². The van der Waals surface area contributed by atoms with E-state index in [1.807, 2.05) is 18.0 Å². The van der Waals surface area contributed by atoms with Gasteiger partial charge < -0.3 is 14.5 Å². The van der Waals surface area contributed by atoms with E-state index < -0.39 is 0 Å². The maximum Gasteiger partial charge on any atom is 0.230 e. The number of rotatable bonds is 5. The molecule has 29 heavy (non-hydrogen) atoms. The number of hydrogen-bond acceptors (Lipinski definition) is 4. The summed E-state index contributed by atoms with van der Waals surface area (Å²) in [6, 6.07) is 8.40. The predicted octanol–water partition coefficient (Wildman–Crippen LogP) is 3.10. The van der Waals surface area contributed by atoms with E-state index >= 15 is 0 Å². The topological polar surface area (TPSA) is 36.0 Å². The number of carbonyl (C=O) groups is 1. The summed E-state index contributed by atoms with van der Waals surface area (Å²) in [5.41, 5.74) is 1.30. The normalized spacial score (nSPS) is 27.6. The van der Waals surface area contributed by atoms with Crippen molar-refractivity contribution in [3.63, 3.8) is 0 Å². The van der Waals surface area contributed by atoms with Crippen molar-refractivity contribution < 1.29 is 9.53 Å². The molecule has 2 spiro atoms. The molecule has 1 aromatic rings. The molecule has 3 saturated heterocycles. The van der Waals surface area contributed by atoms with Gasteiger partial charge in [0.15, 0.2) is 0 Å². The van der Waals surface area contributed by atoms with Gasteiger partial charge in [-0.25, -0.2) is 0 Å². The Hall–Kier alpha value is -1.59. The molecular weight excluding hydrogens is 362 g/mol. The van der Waals surface area contributed by atoms with Gasteiger partial charge in [0.1, 0.15) is 5.75 Å². The van der Waals surface area contributed by atoms with Gasteiger partial charge >= 0.3 is 0 Å². The number of nitrogens with zero attached hydrogens (tertiary/aromatic N) is 3. The van der Waals surface area contributed by atoms with E-state index in [2.05, 4.69) is 41.8 Å². The van der Waals surface area contributed by atoms with Crippen molar-refractivity contribution in [3.8, 4) is 5.75 Å². The highest BCUT2D eigenvalue weighted by Gasteiger charge is 2.64. The van der Waals surface area contributed by atoms with Crippen LogP contribution in [0.25, 0.3) is 0 Å². The fourth-order valence-corrected chi connectivity index (χ4v) is 6.21. The molecule has 0 aliphatic carbocycles. The van der Waals surface area contributed by atoms with Crippen molar-refractivity contribution in [3.05, 3.63) is 29.8 Å². The van der Waals surface area contributed by atoms with E-state index in [1.54, 1.807) is 7.11 Å². The van der Waals surface area contributed by atoms with E-state index in [4.69, 9.17) is 4.74 Å². The molecule has 0 radical (unpaired) electrons. The van der Waals surface area contributed by atoms with Gasteiger partial charge in [-0.2, -0.15) is 0 Å². The molecule has 3 aliphatic heterocycles. The van der Waals surface area contributed by atoms with Gasteiger partial charge in [-0.15, -0.1) is 0 Å². The Morgan fingerprint density at radius 2 is 1.83 bits per heavy atom. The van der Waals surface area contributed by atoms with Crippen LogP contribution in [0.1, 0.15) is 38.7 Å². The lowest BCUT2D eigenvalue weighted by atomic mass is 9.60. The summed E-state index contributed by atoms with van der Waals surface area (Å²) >= 11 is 0. The first-order valence-electron chi connectivity index (χ1n) is 11.2. The van der Waals surface area contributed by atoms with E-state index in [0.717, 1.165) is 70.8 Å². The summed E-state index contributed by atoms with van der Waals surface area (Å²) in [6.45, 7) is 11.8. The van der Waals surface area contributed by atoms with Gasteiger partial charge in [0.2, 0.25) is 5.91 Å². The summed E-state index contributed by atoms with van der Waals surface area (Å²) in [5, 5.41) is 0. The Morgan fingerprint density at radius 3 is 2.45 bits per heavy atom. The van der Waals surface area contributed by atoms with Crippen LogP contribution >= 0.6 is 0 Å². The lowest BCUT2D eigenvalue weighted by Gasteiger charge is -2.47. The van der Waals surface area contributed by atoms with Crippen LogP contribution in [-0.2, 0) is 11.3 Å². The highest BCUT2D eigenvalue weighted by molar-refractivity contribution is 5.86. The van der Waals surface area contributed by atoms with Gasteiger partial charge in [-0.1, -0.05) is 26.0 Å². The fraction of sp³-hybridized carbons (Fsp3) is 0.708. The molecule has 3 fully saturated rings. The second-order valence-electron chi connectivity index (χ2n) is 10.0. The molecule has 5 nitrogen and oxygen atoms in total. The first kappa shape index (κ1) is 20.7. The largest absolute Gasteiger partial charge is 0.497 e. The van der Waals surface area contributed by atoms with Crippen molar-refractivity contribution in [1.82, 2.24) is 14.7 Å². The smallest absolute Gasteiger partial charge is 0.230 e. The Morgan fingerprint density at radius 1 is 1.07 bits per heavy atom. The van der Waals surface area contributed by atoms with Crippen LogP contribution in [0, 0.1) is 16.7 Å². The second-order valence-corrected chi connectivity index (χ2v) is 10.0. The van der Waals surface area contributed by atoms with Crippen LogP contribution in [0.3, 0.4) is 0 Å². The molecule has 3 heterocycles. The maximum absolute atomic E-state index is 13.3. The number of fused-ring (bicyclic) bond motifs is 1. The monoisotopic (exact) mass is 399 g/mol. The number of piperidine rings is 1. The highest BCUT2D eigenvalue weighted by Crippen LogP contribution is 2.57. The first-order valence-corrected chi connectivity index (χ1v) is 11.2. The number of methoxy groups -OCH3 is 1. The van der Waals surface area contributed by atoms with Crippen molar-refractivity contribution in [1.29, 1.82) is 0 Å². The fourth-order valence-electron chi connectivity index (χ4n) is 6.21. The molecule has 1 atom stereocenters. The molecule has 0 bridgehead atoms. The Kier molecular flexibility index (Phi) is 5.64. The number of benzene rings is 1. The zero-order valence-corrected chi connectivity index (χ0v) is 18.6. The number of likely N-dealkylation sites (tertiary alicyclic amines) is 3. The SMILES string of the molecule is COc1cccc(CN2CCC3(CC2)CN(CC(C)C)CC32CCN(C)C2=O)c1. The summed E-state index contributed by atoms with van der Waals surface area (Å²) in [6.07, 6.45) is 3.29. The number of ether oxygens (including phenoxy) is 1. The van der Waals surface area contributed by atoms with Crippen molar-refractivity contribution >= 4 is 5.91 Å². The predicted molar refractivity (Wildman–Crippen MR) is 116 cm³/mol. The summed E-state index contributed by atoms with van der Waals surface area (Å²) < 4.78 is 5.38. The van der Waals surface area contributed by atoms with Crippen LogP contribution in [0.4, 0.5) is 0 Å². The van der Waals surface area contributed by atoms with Crippen molar-refractivity contribution in [2.75, 3.05) is 53.4 Å². The van der Waals surface area contributed by atoms with Gasteiger partial charge in [-0.3, -0.25) is 9.69 Å². The zero-order chi connectivity index (χ0) is 20.6. The quantitative estimate of drug-likeness (QED) is 0.762. The molecule has 4 rings (SSSR count). The van der Waals surface area contributed by atoms with E-state index in [9.17, 15) is 4.79 Å².